The van der Waals surface area contributed by atoms with Crippen LogP contribution in [0.3, 0.4) is 0 Å². The maximum Gasteiger partial charge on any atom is 0.270 e. The third-order valence-corrected chi connectivity index (χ3v) is 6.61. The molecule has 10 heteroatoms. The van der Waals surface area contributed by atoms with Gasteiger partial charge in [-0.3, -0.25) is 4.79 Å². The van der Waals surface area contributed by atoms with Crippen molar-refractivity contribution in [3.8, 4) is 16.8 Å². The number of benzene rings is 1. The number of nitrogens with zero attached hydrogens (tertiary/aromatic N) is 6. The van der Waals surface area contributed by atoms with Gasteiger partial charge in [-0.2, -0.15) is 5.26 Å². The van der Waals surface area contributed by atoms with Gasteiger partial charge >= 0.3 is 0 Å². The fourth-order valence-corrected chi connectivity index (χ4v) is 4.92. The monoisotopic (exact) mass is 435 g/mol. The zero-order valence-electron chi connectivity index (χ0n) is 16.5. The van der Waals surface area contributed by atoms with Crippen LogP contribution in [-0.2, 0) is 6.42 Å². The molecular formula is C21H18FN7OS. The standard InChI is InChI=1S/C21H18FN7OS/c22-12-4-6-28(11-12)18-10-25-16(9-26-18)20-27-15-5-7-29(21(30)19(15)31-20)17-3-1-2-14(24)13(17)8-23/h1-3,9-10,12H,4-7,11,24H2/t12-/m0/s1. The molecule has 1 fully saturated rings. The van der Waals surface area contributed by atoms with Crippen LogP contribution in [0.2, 0.25) is 0 Å². The highest BCUT2D eigenvalue weighted by atomic mass is 32.1. The Balaban J connectivity index is 1.42. The summed E-state index contributed by atoms with van der Waals surface area (Å²) in [6.45, 7) is 1.37. The summed E-state index contributed by atoms with van der Waals surface area (Å²) in [6, 6.07) is 7.19. The zero-order valence-corrected chi connectivity index (χ0v) is 17.3. The van der Waals surface area contributed by atoms with E-state index in [1.54, 1.807) is 35.5 Å². The number of carbonyl (C=O) groups is 1. The van der Waals surface area contributed by atoms with Gasteiger partial charge in [-0.15, -0.1) is 11.3 Å². The second-order valence-electron chi connectivity index (χ2n) is 7.45. The summed E-state index contributed by atoms with van der Waals surface area (Å²) in [5.74, 6) is 0.431. The number of amides is 1. The third-order valence-electron chi connectivity index (χ3n) is 5.50. The molecule has 2 aliphatic rings. The van der Waals surface area contributed by atoms with Crippen LogP contribution in [0.1, 0.15) is 27.3 Å². The Morgan fingerprint density at radius 3 is 2.84 bits per heavy atom. The van der Waals surface area contributed by atoms with Crippen molar-refractivity contribution < 1.29 is 9.18 Å². The van der Waals surface area contributed by atoms with E-state index in [0.717, 1.165) is 0 Å². The first-order chi connectivity index (χ1) is 15.0. The Labute approximate surface area is 181 Å². The van der Waals surface area contributed by atoms with E-state index < -0.39 is 6.17 Å². The summed E-state index contributed by atoms with van der Waals surface area (Å²) < 4.78 is 13.4. The van der Waals surface area contributed by atoms with Gasteiger partial charge in [0.05, 0.1) is 41.6 Å². The molecule has 2 aromatic heterocycles. The number of rotatable bonds is 3. The molecule has 0 saturated carbocycles. The van der Waals surface area contributed by atoms with Crippen LogP contribution in [0.4, 0.5) is 21.6 Å². The fourth-order valence-electron chi connectivity index (χ4n) is 3.89. The van der Waals surface area contributed by atoms with Gasteiger partial charge in [0.15, 0.2) is 0 Å². The Morgan fingerprint density at radius 1 is 1.26 bits per heavy atom. The number of alkyl halides is 1. The summed E-state index contributed by atoms with van der Waals surface area (Å²) in [5, 5.41) is 10.1. The molecular weight excluding hydrogens is 417 g/mol. The number of hydrogen-bond acceptors (Lipinski definition) is 8. The third kappa shape index (κ3) is 3.37. The quantitative estimate of drug-likeness (QED) is 0.630. The molecule has 156 valence electrons. The number of carbonyl (C=O) groups excluding carboxylic acids is 1. The smallest absolute Gasteiger partial charge is 0.270 e. The van der Waals surface area contributed by atoms with Crippen molar-refractivity contribution in [2.24, 2.45) is 0 Å². The molecule has 5 rings (SSSR count). The van der Waals surface area contributed by atoms with Gasteiger partial charge in [0.1, 0.15) is 33.6 Å². The average molecular weight is 435 g/mol. The van der Waals surface area contributed by atoms with Crippen molar-refractivity contribution in [3.63, 3.8) is 0 Å². The van der Waals surface area contributed by atoms with Crippen LogP contribution >= 0.6 is 11.3 Å². The van der Waals surface area contributed by atoms with Gasteiger partial charge in [-0.25, -0.2) is 19.3 Å². The van der Waals surface area contributed by atoms with E-state index in [0.29, 0.717) is 76.5 Å². The summed E-state index contributed by atoms with van der Waals surface area (Å²) in [6.07, 6.45) is 3.46. The van der Waals surface area contributed by atoms with E-state index in [9.17, 15) is 14.4 Å². The average Bonchev–Trinajstić information content (AvgIpc) is 3.41. The molecule has 1 amide bonds. The van der Waals surface area contributed by atoms with Crippen molar-refractivity contribution in [3.05, 3.63) is 46.7 Å². The number of nitrogen functional groups attached to an aromatic ring is 1. The minimum Gasteiger partial charge on any atom is -0.398 e. The Bertz CT molecular complexity index is 1200. The number of aromatic nitrogens is 3. The molecule has 0 radical (unpaired) electrons. The van der Waals surface area contributed by atoms with Crippen molar-refractivity contribution in [1.82, 2.24) is 15.0 Å². The summed E-state index contributed by atoms with van der Waals surface area (Å²) in [7, 11) is 0. The highest BCUT2D eigenvalue weighted by molar-refractivity contribution is 7.17. The Kier molecular flexibility index (Phi) is 4.75. The molecule has 1 atom stereocenters. The van der Waals surface area contributed by atoms with Crippen LogP contribution in [0.15, 0.2) is 30.6 Å². The molecule has 0 unspecified atom stereocenters. The molecule has 0 aliphatic carbocycles. The van der Waals surface area contributed by atoms with Crippen LogP contribution in [-0.4, -0.2) is 46.7 Å². The SMILES string of the molecule is N#Cc1c(N)cccc1N1CCc2nc(-c3cnc(N4CC[C@H](F)C4)cn3)sc2C1=O. The lowest BCUT2D eigenvalue weighted by Crippen LogP contribution is -2.37. The van der Waals surface area contributed by atoms with E-state index in [4.69, 9.17) is 5.73 Å². The van der Waals surface area contributed by atoms with E-state index in [1.165, 1.54) is 11.3 Å². The molecule has 2 N–H and O–H groups in total. The highest BCUT2D eigenvalue weighted by Gasteiger charge is 2.31. The van der Waals surface area contributed by atoms with Crippen molar-refractivity contribution >= 4 is 34.4 Å². The lowest BCUT2D eigenvalue weighted by molar-refractivity contribution is 0.0984. The highest BCUT2D eigenvalue weighted by Crippen LogP contribution is 2.34. The number of nitriles is 1. The van der Waals surface area contributed by atoms with Gasteiger partial charge in [0.2, 0.25) is 0 Å². The molecule has 1 saturated heterocycles. The van der Waals surface area contributed by atoms with E-state index >= 15 is 0 Å². The van der Waals surface area contributed by atoms with Crippen LogP contribution in [0.5, 0.6) is 0 Å². The van der Waals surface area contributed by atoms with Gasteiger partial charge in [-0.1, -0.05) is 6.07 Å². The van der Waals surface area contributed by atoms with Gasteiger partial charge in [0, 0.05) is 19.5 Å². The first-order valence-corrected chi connectivity index (χ1v) is 10.7. The normalized spacial score (nSPS) is 18.2. The first kappa shape index (κ1) is 19.4. The topological polar surface area (TPSA) is 112 Å². The molecule has 1 aromatic carbocycles. The number of hydrogen-bond donors (Lipinski definition) is 1. The largest absolute Gasteiger partial charge is 0.398 e. The van der Waals surface area contributed by atoms with Crippen molar-refractivity contribution in [2.45, 2.75) is 19.0 Å². The second kappa shape index (κ2) is 7.59. The second-order valence-corrected chi connectivity index (χ2v) is 8.45. The molecule has 8 nitrogen and oxygen atoms in total. The predicted molar refractivity (Wildman–Crippen MR) is 116 cm³/mol. The van der Waals surface area contributed by atoms with E-state index in [2.05, 4.69) is 21.0 Å². The molecule has 31 heavy (non-hydrogen) atoms. The number of nitrogens with two attached hydrogens (primary N) is 1. The van der Waals surface area contributed by atoms with Crippen LogP contribution in [0.25, 0.3) is 10.7 Å². The number of thiazole rings is 1. The van der Waals surface area contributed by atoms with Gasteiger partial charge in [0.25, 0.3) is 5.91 Å². The van der Waals surface area contributed by atoms with Crippen LogP contribution < -0.4 is 15.5 Å². The molecule has 3 aromatic rings. The lowest BCUT2D eigenvalue weighted by atomic mass is 10.1. The minimum atomic E-state index is -0.831. The van der Waals surface area contributed by atoms with E-state index in [1.807, 2.05) is 4.90 Å². The fraction of sp³-hybridized carbons (Fsp3) is 0.286. The Morgan fingerprint density at radius 2 is 2.13 bits per heavy atom. The number of anilines is 3. The molecule has 2 aliphatic heterocycles. The summed E-state index contributed by atoms with van der Waals surface area (Å²) in [4.78, 5) is 30.6. The Hall–Kier alpha value is -3.58. The summed E-state index contributed by atoms with van der Waals surface area (Å²) in [5.41, 5.74) is 8.35. The van der Waals surface area contributed by atoms with Crippen LogP contribution in [0, 0.1) is 11.3 Å². The maximum atomic E-state index is 13.4. The lowest BCUT2D eigenvalue weighted by Gasteiger charge is -2.27. The first-order valence-electron chi connectivity index (χ1n) is 9.86. The molecule has 0 spiro atoms. The van der Waals surface area contributed by atoms with Crippen molar-refractivity contribution in [1.29, 1.82) is 5.26 Å². The number of halogens is 1. The minimum absolute atomic E-state index is 0.206. The zero-order chi connectivity index (χ0) is 21.5. The van der Waals surface area contributed by atoms with Gasteiger partial charge < -0.3 is 15.5 Å². The molecule has 0 bridgehead atoms. The van der Waals surface area contributed by atoms with E-state index in [-0.39, 0.29) is 5.91 Å². The maximum absolute atomic E-state index is 13.4. The summed E-state index contributed by atoms with van der Waals surface area (Å²) >= 11 is 1.26. The van der Waals surface area contributed by atoms with Crippen molar-refractivity contribution in [2.75, 3.05) is 35.2 Å². The molecule has 4 heterocycles. The number of fused-ring (bicyclic) bond motifs is 1. The predicted octanol–water partition coefficient (Wildman–Crippen LogP) is 2.81. The van der Waals surface area contributed by atoms with Gasteiger partial charge in [-0.05, 0) is 18.6 Å².